The van der Waals surface area contributed by atoms with Crippen molar-refractivity contribution < 1.29 is 9.59 Å². The van der Waals surface area contributed by atoms with Crippen molar-refractivity contribution in [1.29, 1.82) is 5.26 Å². The summed E-state index contributed by atoms with van der Waals surface area (Å²) < 4.78 is 0. The lowest BCUT2D eigenvalue weighted by atomic mass is 9.63. The summed E-state index contributed by atoms with van der Waals surface area (Å²) in [5.41, 5.74) is -0.876. The van der Waals surface area contributed by atoms with Crippen LogP contribution in [0.15, 0.2) is 0 Å². The average Bonchev–Trinajstić information content (AvgIpc) is 2.87. The molecule has 0 unspecified atom stereocenters. The number of nitriles is 1. The van der Waals surface area contributed by atoms with Gasteiger partial charge in [0.15, 0.2) is 0 Å². The summed E-state index contributed by atoms with van der Waals surface area (Å²) in [5, 5.41) is 9.23. The van der Waals surface area contributed by atoms with Gasteiger partial charge in [-0.15, -0.1) is 0 Å². The number of carbonyl (C=O) groups excluding carboxylic acids is 2. The molecular formula is C14H21N3O2. The normalized spacial score (nSPS) is 29.5. The van der Waals surface area contributed by atoms with E-state index < -0.39 is 5.41 Å². The van der Waals surface area contributed by atoms with Gasteiger partial charge in [0.1, 0.15) is 5.41 Å². The predicted octanol–water partition coefficient (Wildman–Crippen LogP) is 1.01. The van der Waals surface area contributed by atoms with E-state index in [0.29, 0.717) is 18.8 Å². The highest BCUT2D eigenvalue weighted by Crippen LogP contribution is 2.46. The van der Waals surface area contributed by atoms with Crippen molar-refractivity contribution in [3.8, 4) is 6.07 Å². The van der Waals surface area contributed by atoms with Gasteiger partial charge in [0.25, 0.3) is 0 Å². The summed E-state index contributed by atoms with van der Waals surface area (Å²) in [7, 11) is 1.62. The number of carbonyl (C=O) groups is 2. The first-order valence-electron chi connectivity index (χ1n) is 6.93. The van der Waals surface area contributed by atoms with Crippen molar-refractivity contribution >= 4 is 11.8 Å². The molecule has 0 bridgehead atoms. The molecule has 0 aromatic carbocycles. The van der Waals surface area contributed by atoms with Crippen molar-refractivity contribution in [3.63, 3.8) is 0 Å². The quantitative estimate of drug-likeness (QED) is 0.763. The van der Waals surface area contributed by atoms with Crippen molar-refractivity contribution in [2.24, 2.45) is 11.3 Å². The molecule has 2 rings (SSSR count). The number of nitrogens with zero attached hydrogens (tertiary/aromatic N) is 3. The molecule has 104 valence electrons. The number of rotatable bonds is 3. The summed E-state index contributed by atoms with van der Waals surface area (Å²) in [5.74, 6) is 0.223. The Morgan fingerprint density at radius 3 is 2.42 bits per heavy atom. The smallest absolute Gasteiger partial charge is 0.243 e. The fourth-order valence-electron chi connectivity index (χ4n) is 3.15. The maximum Gasteiger partial charge on any atom is 0.243 e. The Morgan fingerprint density at radius 1 is 1.37 bits per heavy atom. The van der Waals surface area contributed by atoms with Gasteiger partial charge in [0.2, 0.25) is 11.8 Å². The van der Waals surface area contributed by atoms with Gasteiger partial charge in [-0.3, -0.25) is 9.59 Å². The minimum Gasteiger partial charge on any atom is -0.341 e. The van der Waals surface area contributed by atoms with Crippen molar-refractivity contribution in [2.45, 2.75) is 32.6 Å². The molecule has 0 radical (unpaired) electrons. The fourth-order valence-corrected chi connectivity index (χ4v) is 3.15. The lowest BCUT2D eigenvalue weighted by Gasteiger charge is -2.41. The van der Waals surface area contributed by atoms with E-state index in [4.69, 9.17) is 0 Å². The summed E-state index contributed by atoms with van der Waals surface area (Å²) in [6.45, 7) is 3.72. The van der Waals surface area contributed by atoms with Crippen LogP contribution in [0.2, 0.25) is 0 Å². The van der Waals surface area contributed by atoms with E-state index in [0.717, 1.165) is 25.9 Å². The molecular weight excluding hydrogens is 242 g/mol. The molecule has 19 heavy (non-hydrogen) atoms. The van der Waals surface area contributed by atoms with Crippen LogP contribution >= 0.6 is 0 Å². The monoisotopic (exact) mass is 263 g/mol. The van der Waals surface area contributed by atoms with Crippen LogP contribution in [0.4, 0.5) is 0 Å². The molecule has 1 aliphatic heterocycles. The second kappa shape index (κ2) is 5.20. The predicted molar refractivity (Wildman–Crippen MR) is 69.9 cm³/mol. The van der Waals surface area contributed by atoms with Gasteiger partial charge in [-0.25, -0.2) is 0 Å². The molecule has 2 fully saturated rings. The molecule has 0 spiro atoms. The number of likely N-dealkylation sites (N-methyl/N-ethyl adjacent to an activating group) is 1. The van der Waals surface area contributed by atoms with Gasteiger partial charge < -0.3 is 9.80 Å². The highest BCUT2D eigenvalue weighted by atomic mass is 16.2. The first-order chi connectivity index (χ1) is 8.98. The molecule has 5 nitrogen and oxygen atoms in total. The van der Waals surface area contributed by atoms with Gasteiger partial charge in [0, 0.05) is 20.1 Å². The van der Waals surface area contributed by atoms with Crippen LogP contribution in [-0.4, -0.2) is 48.3 Å². The first-order valence-corrected chi connectivity index (χ1v) is 6.93. The Kier molecular flexibility index (Phi) is 3.79. The number of amides is 2. The van der Waals surface area contributed by atoms with Crippen molar-refractivity contribution in [1.82, 2.24) is 9.80 Å². The number of hydrogen-bond acceptors (Lipinski definition) is 3. The summed E-state index contributed by atoms with van der Waals surface area (Å²) in [6, 6.07) is 2.15. The van der Waals surface area contributed by atoms with Gasteiger partial charge >= 0.3 is 0 Å². The van der Waals surface area contributed by atoms with E-state index in [2.05, 4.69) is 6.07 Å². The standard InChI is InChI=1S/C14H21N3O2/c1-11-7-14(8-11,10-15)13(19)16(2)9-12(18)17-5-3-4-6-17/h11H,3-9H2,1-2H3. The minimum atomic E-state index is -0.876. The van der Waals surface area contributed by atoms with Crippen LogP contribution in [0.5, 0.6) is 0 Å². The molecule has 5 heteroatoms. The SMILES string of the molecule is CC1CC(C#N)(C(=O)N(C)CC(=O)N2CCCC2)C1. The second-order valence-corrected chi connectivity index (χ2v) is 5.96. The minimum absolute atomic E-state index is 0.00573. The molecule has 1 heterocycles. The number of likely N-dealkylation sites (tertiary alicyclic amines) is 1. The Balaban J connectivity index is 1.92. The van der Waals surface area contributed by atoms with Crippen LogP contribution in [0.1, 0.15) is 32.6 Å². The van der Waals surface area contributed by atoms with Crippen molar-refractivity contribution in [2.75, 3.05) is 26.7 Å². The Labute approximate surface area is 114 Å². The third kappa shape index (κ3) is 2.58. The highest BCUT2D eigenvalue weighted by molar-refractivity contribution is 5.90. The van der Waals surface area contributed by atoms with Crippen LogP contribution < -0.4 is 0 Å². The van der Waals surface area contributed by atoms with E-state index in [9.17, 15) is 14.9 Å². The zero-order chi connectivity index (χ0) is 14.0. The molecule has 1 saturated heterocycles. The lowest BCUT2D eigenvalue weighted by Crippen LogP contribution is -2.51. The molecule has 2 aliphatic rings. The van der Waals surface area contributed by atoms with Gasteiger partial charge in [0.05, 0.1) is 12.6 Å². The number of hydrogen-bond donors (Lipinski definition) is 0. The highest BCUT2D eigenvalue weighted by Gasteiger charge is 2.50. The van der Waals surface area contributed by atoms with Crippen LogP contribution in [0, 0.1) is 22.7 Å². The second-order valence-electron chi connectivity index (χ2n) is 5.96. The topological polar surface area (TPSA) is 64.4 Å². The first kappa shape index (κ1) is 13.9. The fraction of sp³-hybridized carbons (Fsp3) is 0.786. The molecule has 2 amide bonds. The Hall–Kier alpha value is -1.57. The Bertz CT molecular complexity index is 415. The maximum atomic E-state index is 12.3. The van der Waals surface area contributed by atoms with Gasteiger partial charge in [-0.1, -0.05) is 6.92 Å². The third-order valence-electron chi connectivity index (χ3n) is 4.20. The molecule has 1 saturated carbocycles. The van der Waals surface area contributed by atoms with E-state index in [1.54, 1.807) is 11.9 Å². The van der Waals surface area contributed by atoms with E-state index in [1.807, 2.05) is 6.92 Å². The summed E-state index contributed by atoms with van der Waals surface area (Å²) in [4.78, 5) is 27.5. The maximum absolute atomic E-state index is 12.3. The van der Waals surface area contributed by atoms with E-state index in [-0.39, 0.29) is 18.4 Å². The molecule has 0 N–H and O–H groups in total. The lowest BCUT2D eigenvalue weighted by molar-refractivity contribution is -0.148. The van der Waals surface area contributed by atoms with Crippen LogP contribution in [-0.2, 0) is 9.59 Å². The largest absolute Gasteiger partial charge is 0.341 e. The zero-order valence-electron chi connectivity index (χ0n) is 11.7. The summed E-state index contributed by atoms with van der Waals surface area (Å²) in [6.07, 6.45) is 3.32. The zero-order valence-corrected chi connectivity index (χ0v) is 11.7. The molecule has 0 aromatic heterocycles. The molecule has 0 atom stereocenters. The van der Waals surface area contributed by atoms with Crippen LogP contribution in [0.25, 0.3) is 0 Å². The van der Waals surface area contributed by atoms with E-state index >= 15 is 0 Å². The molecule has 0 aromatic rings. The average molecular weight is 263 g/mol. The van der Waals surface area contributed by atoms with Crippen LogP contribution in [0.3, 0.4) is 0 Å². The van der Waals surface area contributed by atoms with Gasteiger partial charge in [-0.2, -0.15) is 5.26 Å². The third-order valence-corrected chi connectivity index (χ3v) is 4.20. The van der Waals surface area contributed by atoms with E-state index in [1.165, 1.54) is 4.90 Å². The Morgan fingerprint density at radius 2 is 1.95 bits per heavy atom. The molecule has 1 aliphatic carbocycles. The van der Waals surface area contributed by atoms with Crippen molar-refractivity contribution in [3.05, 3.63) is 0 Å². The van der Waals surface area contributed by atoms with Gasteiger partial charge in [-0.05, 0) is 31.6 Å². The summed E-state index contributed by atoms with van der Waals surface area (Å²) >= 11 is 0.